The molecule has 1 aromatic carbocycles. The van der Waals surface area contributed by atoms with E-state index in [2.05, 4.69) is 15.9 Å². The maximum atomic E-state index is 8.84. The SMILES string of the molecule is N#Cc1ccc(N2CCN(C3CC3)CC2)c(N)c1. The summed E-state index contributed by atoms with van der Waals surface area (Å²) >= 11 is 0. The molecule has 4 nitrogen and oxygen atoms in total. The summed E-state index contributed by atoms with van der Waals surface area (Å²) in [4.78, 5) is 4.91. The molecule has 18 heavy (non-hydrogen) atoms. The average Bonchev–Trinajstić information content (AvgIpc) is 3.23. The van der Waals surface area contributed by atoms with E-state index in [9.17, 15) is 0 Å². The molecule has 2 aliphatic rings. The second-order valence-electron chi connectivity index (χ2n) is 5.14. The van der Waals surface area contributed by atoms with Gasteiger partial charge in [0.2, 0.25) is 0 Å². The first-order valence-corrected chi connectivity index (χ1v) is 6.56. The fourth-order valence-electron chi connectivity index (χ4n) is 2.68. The van der Waals surface area contributed by atoms with Crippen molar-refractivity contribution in [1.82, 2.24) is 4.90 Å². The minimum Gasteiger partial charge on any atom is -0.397 e. The largest absolute Gasteiger partial charge is 0.397 e. The third-order valence-electron chi connectivity index (χ3n) is 3.87. The van der Waals surface area contributed by atoms with Gasteiger partial charge >= 0.3 is 0 Å². The highest BCUT2D eigenvalue weighted by Crippen LogP contribution is 2.30. The van der Waals surface area contributed by atoms with E-state index >= 15 is 0 Å². The molecule has 0 spiro atoms. The topological polar surface area (TPSA) is 56.3 Å². The van der Waals surface area contributed by atoms with Gasteiger partial charge in [-0.2, -0.15) is 5.26 Å². The number of nitrogen functional groups attached to an aromatic ring is 1. The van der Waals surface area contributed by atoms with E-state index in [0.29, 0.717) is 11.3 Å². The highest BCUT2D eigenvalue weighted by molar-refractivity contribution is 5.69. The van der Waals surface area contributed by atoms with Crippen molar-refractivity contribution in [3.05, 3.63) is 23.8 Å². The summed E-state index contributed by atoms with van der Waals surface area (Å²) < 4.78 is 0. The lowest BCUT2D eigenvalue weighted by molar-refractivity contribution is 0.248. The molecular weight excluding hydrogens is 224 g/mol. The number of piperazine rings is 1. The van der Waals surface area contributed by atoms with Crippen LogP contribution < -0.4 is 10.6 Å². The number of hydrogen-bond acceptors (Lipinski definition) is 4. The van der Waals surface area contributed by atoms with Crippen LogP contribution in [-0.4, -0.2) is 37.1 Å². The Labute approximate surface area is 108 Å². The van der Waals surface area contributed by atoms with Crippen LogP contribution in [0.3, 0.4) is 0 Å². The van der Waals surface area contributed by atoms with Crippen LogP contribution in [0.5, 0.6) is 0 Å². The van der Waals surface area contributed by atoms with Crippen LogP contribution in [0.4, 0.5) is 11.4 Å². The van der Waals surface area contributed by atoms with Crippen molar-refractivity contribution in [2.45, 2.75) is 18.9 Å². The van der Waals surface area contributed by atoms with Crippen LogP contribution in [0.1, 0.15) is 18.4 Å². The number of nitriles is 1. The molecule has 0 unspecified atom stereocenters. The van der Waals surface area contributed by atoms with E-state index in [-0.39, 0.29) is 0 Å². The van der Waals surface area contributed by atoms with E-state index in [1.54, 1.807) is 6.07 Å². The molecule has 1 aromatic rings. The van der Waals surface area contributed by atoms with Gasteiger partial charge in [0, 0.05) is 32.2 Å². The molecule has 2 fully saturated rings. The van der Waals surface area contributed by atoms with Gasteiger partial charge in [-0.25, -0.2) is 0 Å². The molecule has 0 amide bonds. The first-order chi connectivity index (χ1) is 8.78. The molecule has 1 heterocycles. The molecule has 1 saturated heterocycles. The second-order valence-corrected chi connectivity index (χ2v) is 5.14. The Morgan fingerprint density at radius 1 is 1.17 bits per heavy atom. The Morgan fingerprint density at radius 2 is 1.89 bits per heavy atom. The van der Waals surface area contributed by atoms with Gasteiger partial charge in [0.1, 0.15) is 0 Å². The van der Waals surface area contributed by atoms with Gasteiger partial charge in [-0.3, -0.25) is 4.90 Å². The summed E-state index contributed by atoms with van der Waals surface area (Å²) in [5, 5.41) is 8.84. The van der Waals surface area contributed by atoms with Gasteiger partial charge in [-0.15, -0.1) is 0 Å². The smallest absolute Gasteiger partial charge is 0.0992 e. The summed E-state index contributed by atoms with van der Waals surface area (Å²) in [6.07, 6.45) is 2.75. The predicted octanol–water partition coefficient (Wildman–Crippen LogP) is 1.42. The summed E-state index contributed by atoms with van der Waals surface area (Å²) in [6.45, 7) is 4.33. The number of nitrogens with two attached hydrogens (primary N) is 1. The van der Waals surface area contributed by atoms with Crippen molar-refractivity contribution >= 4 is 11.4 Å². The lowest BCUT2D eigenvalue weighted by atomic mass is 10.1. The Balaban J connectivity index is 1.70. The highest BCUT2D eigenvalue weighted by atomic mass is 15.3. The molecule has 2 N–H and O–H groups in total. The fourth-order valence-corrected chi connectivity index (χ4v) is 2.68. The van der Waals surface area contributed by atoms with Gasteiger partial charge < -0.3 is 10.6 Å². The van der Waals surface area contributed by atoms with Crippen molar-refractivity contribution in [2.75, 3.05) is 36.8 Å². The number of rotatable bonds is 2. The summed E-state index contributed by atoms with van der Waals surface area (Å²) in [6, 6.07) is 8.56. The molecule has 4 heteroatoms. The molecule has 1 aliphatic carbocycles. The number of nitrogens with zero attached hydrogens (tertiary/aromatic N) is 3. The molecule has 3 rings (SSSR count). The number of anilines is 2. The third kappa shape index (κ3) is 2.14. The van der Waals surface area contributed by atoms with E-state index in [1.807, 2.05) is 12.1 Å². The molecule has 94 valence electrons. The molecule has 1 aliphatic heterocycles. The van der Waals surface area contributed by atoms with Crippen LogP contribution in [0.2, 0.25) is 0 Å². The lowest BCUT2D eigenvalue weighted by Crippen LogP contribution is -2.47. The van der Waals surface area contributed by atoms with E-state index in [4.69, 9.17) is 11.0 Å². The van der Waals surface area contributed by atoms with Crippen LogP contribution in [0.25, 0.3) is 0 Å². The highest BCUT2D eigenvalue weighted by Gasteiger charge is 2.31. The first kappa shape index (κ1) is 11.4. The monoisotopic (exact) mass is 242 g/mol. The van der Waals surface area contributed by atoms with Crippen molar-refractivity contribution < 1.29 is 0 Å². The van der Waals surface area contributed by atoms with E-state index in [1.165, 1.54) is 12.8 Å². The molecule has 1 saturated carbocycles. The predicted molar refractivity (Wildman–Crippen MR) is 72.4 cm³/mol. The van der Waals surface area contributed by atoms with Crippen LogP contribution in [-0.2, 0) is 0 Å². The first-order valence-electron chi connectivity index (χ1n) is 6.56. The van der Waals surface area contributed by atoms with Gasteiger partial charge in [-0.05, 0) is 31.0 Å². The minimum absolute atomic E-state index is 0.632. The zero-order valence-electron chi connectivity index (χ0n) is 10.5. The van der Waals surface area contributed by atoms with Crippen LogP contribution in [0, 0.1) is 11.3 Å². The average molecular weight is 242 g/mol. The quantitative estimate of drug-likeness (QED) is 0.797. The second kappa shape index (κ2) is 4.51. The molecule has 0 atom stereocenters. The minimum atomic E-state index is 0.632. The fraction of sp³-hybridized carbons (Fsp3) is 0.500. The van der Waals surface area contributed by atoms with E-state index < -0.39 is 0 Å². The van der Waals surface area contributed by atoms with Gasteiger partial charge in [0.05, 0.1) is 23.0 Å². The summed E-state index contributed by atoms with van der Waals surface area (Å²) in [5.41, 5.74) is 8.45. The molecule has 0 aromatic heterocycles. The van der Waals surface area contributed by atoms with E-state index in [0.717, 1.165) is 37.9 Å². The maximum absolute atomic E-state index is 8.84. The van der Waals surface area contributed by atoms with Gasteiger partial charge in [0.25, 0.3) is 0 Å². The third-order valence-corrected chi connectivity index (χ3v) is 3.87. The zero-order chi connectivity index (χ0) is 12.5. The summed E-state index contributed by atoms with van der Waals surface area (Å²) in [7, 11) is 0. The number of hydrogen-bond donors (Lipinski definition) is 1. The van der Waals surface area contributed by atoms with Crippen molar-refractivity contribution in [3.8, 4) is 6.07 Å². The number of benzene rings is 1. The molecular formula is C14H18N4. The van der Waals surface area contributed by atoms with Gasteiger partial charge in [-0.1, -0.05) is 0 Å². The standard InChI is InChI=1S/C14H18N4/c15-10-11-1-4-14(13(16)9-11)18-7-5-17(6-8-18)12-2-3-12/h1,4,9,12H,2-3,5-8,16H2. The Hall–Kier alpha value is -1.73. The molecule has 0 radical (unpaired) electrons. The Kier molecular flexibility index (Phi) is 2.85. The molecule has 0 bridgehead atoms. The lowest BCUT2D eigenvalue weighted by Gasteiger charge is -2.36. The zero-order valence-corrected chi connectivity index (χ0v) is 10.5. The normalized spacial score (nSPS) is 20.7. The van der Waals surface area contributed by atoms with Crippen molar-refractivity contribution in [1.29, 1.82) is 5.26 Å². The van der Waals surface area contributed by atoms with Gasteiger partial charge in [0.15, 0.2) is 0 Å². The van der Waals surface area contributed by atoms with Crippen molar-refractivity contribution in [2.24, 2.45) is 0 Å². The summed E-state index contributed by atoms with van der Waals surface area (Å²) in [5.74, 6) is 0. The Morgan fingerprint density at radius 3 is 2.44 bits per heavy atom. The van der Waals surface area contributed by atoms with Crippen LogP contribution >= 0.6 is 0 Å². The Bertz CT molecular complexity index is 479. The van der Waals surface area contributed by atoms with Crippen molar-refractivity contribution in [3.63, 3.8) is 0 Å². The van der Waals surface area contributed by atoms with Crippen LogP contribution in [0.15, 0.2) is 18.2 Å². The maximum Gasteiger partial charge on any atom is 0.0992 e.